The predicted molar refractivity (Wildman–Crippen MR) is 103 cm³/mol. The zero-order valence-corrected chi connectivity index (χ0v) is 16.7. The van der Waals surface area contributed by atoms with Gasteiger partial charge in [0.1, 0.15) is 6.04 Å². The topological polar surface area (TPSA) is 76.1 Å². The molecule has 1 aliphatic heterocycles. The van der Waals surface area contributed by atoms with Crippen molar-refractivity contribution < 1.29 is 9.53 Å². The number of amides is 1. The molecule has 0 radical (unpaired) electrons. The molecule has 25 heavy (non-hydrogen) atoms. The van der Waals surface area contributed by atoms with Gasteiger partial charge in [-0.05, 0) is 65.0 Å². The number of rotatable bonds is 7. The number of carbonyl (C=O) groups excluding carboxylic acids is 1. The Morgan fingerprint density at radius 3 is 2.68 bits per heavy atom. The highest BCUT2D eigenvalue weighted by Crippen LogP contribution is 2.24. The van der Waals surface area contributed by atoms with E-state index in [0.29, 0.717) is 12.6 Å². The first-order chi connectivity index (χ1) is 11.8. The van der Waals surface area contributed by atoms with Crippen molar-refractivity contribution in [1.29, 1.82) is 0 Å². The van der Waals surface area contributed by atoms with Crippen LogP contribution < -0.4 is 10.6 Å². The monoisotopic (exact) mass is 366 g/mol. The highest BCUT2D eigenvalue weighted by atomic mass is 32.2. The van der Waals surface area contributed by atoms with Crippen molar-refractivity contribution in [3.8, 4) is 0 Å². The van der Waals surface area contributed by atoms with Gasteiger partial charge in [-0.25, -0.2) is 9.97 Å². The van der Waals surface area contributed by atoms with Gasteiger partial charge in [0, 0.05) is 24.0 Å². The van der Waals surface area contributed by atoms with E-state index in [-0.39, 0.29) is 23.6 Å². The summed E-state index contributed by atoms with van der Waals surface area (Å²) in [7, 11) is 0. The molecule has 0 unspecified atom stereocenters. The van der Waals surface area contributed by atoms with Crippen LogP contribution in [0.3, 0.4) is 0 Å². The lowest BCUT2D eigenvalue weighted by atomic mass is 9.93. The van der Waals surface area contributed by atoms with E-state index in [2.05, 4.69) is 34.4 Å². The van der Waals surface area contributed by atoms with Gasteiger partial charge in [0.2, 0.25) is 11.9 Å². The van der Waals surface area contributed by atoms with E-state index >= 15 is 0 Å². The Bertz CT molecular complexity index is 574. The zero-order valence-electron chi connectivity index (χ0n) is 15.9. The number of aromatic nitrogens is 2. The van der Waals surface area contributed by atoms with Gasteiger partial charge in [-0.15, -0.1) is 0 Å². The number of hydrogen-bond acceptors (Lipinski definition) is 6. The van der Waals surface area contributed by atoms with Crippen LogP contribution in [-0.2, 0) is 9.53 Å². The van der Waals surface area contributed by atoms with Gasteiger partial charge >= 0.3 is 0 Å². The summed E-state index contributed by atoms with van der Waals surface area (Å²) in [6, 6.07) is 1.74. The predicted octanol–water partition coefficient (Wildman–Crippen LogP) is 2.70. The molecule has 6 nitrogen and oxygen atoms in total. The maximum Gasteiger partial charge on any atom is 0.242 e. The Kier molecular flexibility index (Phi) is 7.07. The van der Waals surface area contributed by atoms with Gasteiger partial charge in [-0.1, -0.05) is 0 Å². The molecule has 7 heteroatoms. The Morgan fingerprint density at radius 2 is 2.08 bits per heavy atom. The molecule has 2 atom stereocenters. The first-order valence-electron chi connectivity index (χ1n) is 8.81. The first kappa shape index (κ1) is 20.0. The van der Waals surface area contributed by atoms with Crippen LogP contribution in [-0.4, -0.2) is 52.2 Å². The second-order valence-electron chi connectivity index (χ2n) is 7.26. The molecule has 0 bridgehead atoms. The Balaban J connectivity index is 2.03. The number of aryl methyl sites for hydroxylation is 2. The van der Waals surface area contributed by atoms with E-state index in [1.807, 2.05) is 26.2 Å². The molecule has 1 saturated heterocycles. The van der Waals surface area contributed by atoms with E-state index in [4.69, 9.17) is 4.74 Å². The molecule has 1 amide bonds. The highest BCUT2D eigenvalue weighted by molar-refractivity contribution is 7.98. The van der Waals surface area contributed by atoms with Crippen LogP contribution >= 0.6 is 11.8 Å². The number of ether oxygens (including phenoxy) is 1. The van der Waals surface area contributed by atoms with Gasteiger partial charge in [0.05, 0.1) is 5.60 Å². The largest absolute Gasteiger partial charge is 0.375 e. The summed E-state index contributed by atoms with van der Waals surface area (Å²) >= 11 is 1.73. The van der Waals surface area contributed by atoms with Crippen LogP contribution in [0.15, 0.2) is 6.07 Å². The van der Waals surface area contributed by atoms with Gasteiger partial charge in [0.25, 0.3) is 0 Å². The Hall–Kier alpha value is -1.34. The van der Waals surface area contributed by atoms with Crippen LogP contribution in [0.4, 0.5) is 5.95 Å². The fraction of sp³-hybridized carbons (Fsp3) is 0.722. The first-order valence-corrected chi connectivity index (χ1v) is 10.2. The maximum absolute atomic E-state index is 12.8. The minimum atomic E-state index is -0.334. The van der Waals surface area contributed by atoms with Crippen molar-refractivity contribution in [3.05, 3.63) is 17.5 Å². The normalized spacial score (nSPS) is 20.8. The molecule has 0 spiro atoms. The molecular formula is C18H30N4O2S. The summed E-state index contributed by atoms with van der Waals surface area (Å²) in [4.78, 5) is 21.6. The van der Waals surface area contributed by atoms with Crippen molar-refractivity contribution >= 4 is 23.6 Å². The van der Waals surface area contributed by atoms with Crippen molar-refractivity contribution in [2.24, 2.45) is 0 Å². The fourth-order valence-corrected chi connectivity index (χ4v) is 3.58. The lowest BCUT2D eigenvalue weighted by Crippen LogP contribution is -2.50. The molecule has 140 valence electrons. The number of thioether (sulfide) groups is 1. The third-order valence-electron chi connectivity index (χ3n) is 4.26. The standard InChI is InChI=1S/C18H30N4O2S/c1-12-10-13(2)20-17(19-12)22-15(7-9-25-5)16(23)21-14-6-8-24-18(3,4)11-14/h10,14-15H,6-9,11H2,1-5H3,(H,21,23)(H,19,20,22)/t14-,15+/m1/s1. The van der Waals surface area contributed by atoms with Gasteiger partial charge in [-0.3, -0.25) is 4.79 Å². The molecule has 1 aromatic heterocycles. The highest BCUT2D eigenvalue weighted by Gasteiger charge is 2.31. The molecule has 1 aliphatic rings. The molecule has 2 heterocycles. The van der Waals surface area contributed by atoms with Crippen LogP contribution in [0.1, 0.15) is 44.5 Å². The van der Waals surface area contributed by atoms with Gasteiger partial charge in [0.15, 0.2) is 0 Å². The van der Waals surface area contributed by atoms with Gasteiger partial charge < -0.3 is 15.4 Å². The molecule has 2 N–H and O–H groups in total. The number of carbonyl (C=O) groups is 1. The summed E-state index contributed by atoms with van der Waals surface area (Å²) in [6.07, 6.45) is 4.46. The minimum Gasteiger partial charge on any atom is -0.375 e. The molecule has 0 aliphatic carbocycles. The maximum atomic E-state index is 12.8. The minimum absolute atomic E-state index is 0.0134. The summed E-state index contributed by atoms with van der Waals surface area (Å²) in [5.74, 6) is 1.43. The van der Waals surface area contributed by atoms with Crippen molar-refractivity contribution in [2.45, 2.75) is 64.6 Å². The molecular weight excluding hydrogens is 336 g/mol. The quantitative estimate of drug-likeness (QED) is 0.773. The average molecular weight is 367 g/mol. The summed E-state index contributed by atoms with van der Waals surface area (Å²) in [6.45, 7) is 8.68. The van der Waals surface area contributed by atoms with E-state index in [1.165, 1.54) is 0 Å². The van der Waals surface area contributed by atoms with Gasteiger partial charge in [-0.2, -0.15) is 11.8 Å². The fourth-order valence-electron chi connectivity index (χ4n) is 3.11. The molecule has 0 aromatic carbocycles. The third-order valence-corrected chi connectivity index (χ3v) is 4.90. The van der Waals surface area contributed by atoms with E-state index in [1.54, 1.807) is 11.8 Å². The SMILES string of the molecule is CSCC[C@H](Nc1nc(C)cc(C)n1)C(=O)N[C@@H]1CCOC(C)(C)C1. The lowest BCUT2D eigenvalue weighted by molar-refractivity contribution is -0.124. The van der Waals surface area contributed by atoms with Crippen LogP contribution in [0.2, 0.25) is 0 Å². The van der Waals surface area contributed by atoms with Crippen molar-refractivity contribution in [1.82, 2.24) is 15.3 Å². The second-order valence-corrected chi connectivity index (χ2v) is 8.24. The Morgan fingerprint density at radius 1 is 1.40 bits per heavy atom. The Labute approximate surface area is 154 Å². The average Bonchev–Trinajstić information content (AvgIpc) is 2.49. The van der Waals surface area contributed by atoms with E-state index in [9.17, 15) is 4.79 Å². The second kappa shape index (κ2) is 8.85. The molecule has 1 aromatic rings. The number of hydrogen-bond donors (Lipinski definition) is 2. The number of anilines is 1. The van der Waals surface area contributed by atoms with Crippen molar-refractivity contribution in [3.63, 3.8) is 0 Å². The lowest BCUT2D eigenvalue weighted by Gasteiger charge is -2.36. The number of nitrogens with zero attached hydrogens (tertiary/aromatic N) is 2. The third kappa shape index (κ3) is 6.47. The van der Waals surface area contributed by atoms with Crippen molar-refractivity contribution in [2.75, 3.05) is 23.9 Å². The van der Waals surface area contributed by atoms with Crippen LogP contribution in [0.25, 0.3) is 0 Å². The van der Waals surface area contributed by atoms with E-state index in [0.717, 1.165) is 36.4 Å². The zero-order chi connectivity index (χ0) is 18.4. The number of nitrogens with one attached hydrogen (secondary N) is 2. The van der Waals surface area contributed by atoms with Crippen LogP contribution in [0, 0.1) is 13.8 Å². The van der Waals surface area contributed by atoms with E-state index < -0.39 is 0 Å². The molecule has 2 rings (SSSR count). The molecule has 1 fully saturated rings. The molecule has 0 saturated carbocycles. The smallest absolute Gasteiger partial charge is 0.242 e. The summed E-state index contributed by atoms with van der Waals surface area (Å²) < 4.78 is 5.73. The summed E-state index contributed by atoms with van der Waals surface area (Å²) in [5, 5.41) is 6.41. The van der Waals surface area contributed by atoms with Crippen LogP contribution in [0.5, 0.6) is 0 Å². The summed E-state index contributed by atoms with van der Waals surface area (Å²) in [5.41, 5.74) is 1.60.